The standard InChI is InChI=1S/C32H63N3O2/c1-3-5-7-9-11-12-13-14-15-16-17-18-19-20-22-27-31(36)34-28-25-23-26-30(33)32(37)35-29-24-21-10-8-6-4-2/h14-15,30H,3-13,16-29,33H2,1-2H3,(H,34,36)(H,35,37)/b15-14-/t30-/m0/s1. The third-order valence-electron chi connectivity index (χ3n) is 7.10. The number of rotatable bonds is 28. The quantitative estimate of drug-likeness (QED) is 0.0718. The Balaban J connectivity index is 3.41. The molecule has 0 fully saturated rings. The first kappa shape index (κ1) is 35.6. The van der Waals surface area contributed by atoms with Crippen LogP contribution in [0.15, 0.2) is 12.2 Å². The second kappa shape index (κ2) is 29.2. The summed E-state index contributed by atoms with van der Waals surface area (Å²) in [5.74, 6) is 0.111. The van der Waals surface area contributed by atoms with Crippen LogP contribution in [0.25, 0.3) is 0 Å². The highest BCUT2D eigenvalue weighted by Crippen LogP contribution is 2.10. The zero-order valence-corrected chi connectivity index (χ0v) is 24.8. The molecule has 218 valence electrons. The normalized spacial score (nSPS) is 12.2. The van der Waals surface area contributed by atoms with Gasteiger partial charge in [0.05, 0.1) is 6.04 Å². The van der Waals surface area contributed by atoms with Crippen molar-refractivity contribution in [2.24, 2.45) is 5.73 Å². The van der Waals surface area contributed by atoms with E-state index < -0.39 is 6.04 Å². The number of nitrogens with one attached hydrogen (secondary N) is 2. The van der Waals surface area contributed by atoms with Gasteiger partial charge in [-0.25, -0.2) is 0 Å². The second-order valence-corrected chi connectivity index (χ2v) is 10.8. The first-order valence-corrected chi connectivity index (χ1v) is 16.1. The van der Waals surface area contributed by atoms with Crippen LogP contribution in [-0.2, 0) is 9.59 Å². The highest BCUT2D eigenvalue weighted by atomic mass is 16.2. The van der Waals surface area contributed by atoms with Gasteiger partial charge in [0.25, 0.3) is 0 Å². The van der Waals surface area contributed by atoms with Gasteiger partial charge in [0.15, 0.2) is 0 Å². The van der Waals surface area contributed by atoms with E-state index in [0.29, 0.717) is 19.4 Å². The Morgan fingerprint density at radius 3 is 1.65 bits per heavy atom. The van der Waals surface area contributed by atoms with E-state index in [4.69, 9.17) is 5.73 Å². The molecule has 0 aliphatic rings. The molecule has 0 aliphatic carbocycles. The SMILES string of the molecule is CCCCCCCC/C=C\CCCCCCCC(=O)NCCCC[C@H](N)C(=O)NCCCCCCCC. The third-order valence-corrected chi connectivity index (χ3v) is 7.10. The van der Waals surface area contributed by atoms with Crippen molar-refractivity contribution in [2.45, 2.75) is 168 Å². The molecule has 0 saturated heterocycles. The molecular weight excluding hydrogens is 458 g/mol. The van der Waals surface area contributed by atoms with Gasteiger partial charge in [-0.1, -0.05) is 109 Å². The molecule has 0 aliphatic heterocycles. The number of carbonyl (C=O) groups excluding carboxylic acids is 2. The molecule has 0 aromatic rings. The van der Waals surface area contributed by atoms with Crippen LogP contribution in [0.5, 0.6) is 0 Å². The summed E-state index contributed by atoms with van der Waals surface area (Å²) in [5, 5.41) is 5.97. The average molecular weight is 522 g/mol. The van der Waals surface area contributed by atoms with Gasteiger partial charge in [-0.3, -0.25) is 9.59 Å². The number of hydrogen-bond acceptors (Lipinski definition) is 3. The third kappa shape index (κ3) is 27.5. The first-order chi connectivity index (χ1) is 18.1. The molecule has 37 heavy (non-hydrogen) atoms. The Morgan fingerprint density at radius 2 is 1.05 bits per heavy atom. The van der Waals surface area contributed by atoms with Crippen LogP contribution in [0.1, 0.15) is 162 Å². The van der Waals surface area contributed by atoms with Crippen molar-refractivity contribution in [1.82, 2.24) is 10.6 Å². The van der Waals surface area contributed by atoms with Crippen LogP contribution >= 0.6 is 0 Å². The van der Waals surface area contributed by atoms with Gasteiger partial charge in [-0.15, -0.1) is 0 Å². The molecule has 5 heteroatoms. The summed E-state index contributed by atoms with van der Waals surface area (Å²) in [6, 6.07) is -0.438. The van der Waals surface area contributed by atoms with E-state index in [2.05, 4.69) is 36.6 Å². The zero-order chi connectivity index (χ0) is 27.2. The number of allylic oxidation sites excluding steroid dienone is 2. The minimum atomic E-state index is -0.438. The largest absolute Gasteiger partial charge is 0.356 e. The fourth-order valence-corrected chi connectivity index (χ4v) is 4.54. The zero-order valence-electron chi connectivity index (χ0n) is 24.8. The van der Waals surface area contributed by atoms with Crippen LogP contribution < -0.4 is 16.4 Å². The average Bonchev–Trinajstić information content (AvgIpc) is 2.89. The van der Waals surface area contributed by atoms with Crippen molar-refractivity contribution in [3.8, 4) is 0 Å². The van der Waals surface area contributed by atoms with Crippen LogP contribution in [-0.4, -0.2) is 30.9 Å². The summed E-state index contributed by atoms with van der Waals surface area (Å²) in [6.07, 6.45) is 31.6. The van der Waals surface area contributed by atoms with Gasteiger partial charge in [-0.2, -0.15) is 0 Å². The van der Waals surface area contributed by atoms with Crippen molar-refractivity contribution in [2.75, 3.05) is 13.1 Å². The fraction of sp³-hybridized carbons (Fsp3) is 0.875. The maximum Gasteiger partial charge on any atom is 0.236 e. The van der Waals surface area contributed by atoms with Crippen LogP contribution in [0.2, 0.25) is 0 Å². The molecule has 0 radical (unpaired) electrons. The number of carbonyl (C=O) groups is 2. The van der Waals surface area contributed by atoms with Crippen molar-refractivity contribution in [1.29, 1.82) is 0 Å². The molecule has 5 nitrogen and oxygen atoms in total. The van der Waals surface area contributed by atoms with Crippen LogP contribution in [0, 0.1) is 0 Å². The lowest BCUT2D eigenvalue weighted by Crippen LogP contribution is -2.41. The number of unbranched alkanes of at least 4 members (excludes halogenated alkanes) is 17. The summed E-state index contributed by atoms with van der Waals surface area (Å²) in [5.41, 5.74) is 6.01. The van der Waals surface area contributed by atoms with Crippen LogP contribution in [0.3, 0.4) is 0 Å². The van der Waals surface area contributed by atoms with Gasteiger partial charge < -0.3 is 16.4 Å². The summed E-state index contributed by atoms with van der Waals surface area (Å²) in [7, 11) is 0. The first-order valence-electron chi connectivity index (χ1n) is 16.1. The maximum atomic E-state index is 12.1. The fourth-order valence-electron chi connectivity index (χ4n) is 4.54. The van der Waals surface area contributed by atoms with Gasteiger partial charge >= 0.3 is 0 Å². The Kier molecular flexibility index (Phi) is 28.1. The lowest BCUT2D eigenvalue weighted by Gasteiger charge is -2.12. The van der Waals surface area contributed by atoms with Gasteiger partial charge in [0, 0.05) is 19.5 Å². The van der Waals surface area contributed by atoms with Gasteiger partial charge in [-0.05, 0) is 57.8 Å². The van der Waals surface area contributed by atoms with E-state index in [1.54, 1.807) is 0 Å². The molecule has 0 unspecified atom stereocenters. The molecular formula is C32H63N3O2. The lowest BCUT2D eigenvalue weighted by molar-refractivity contribution is -0.123. The summed E-state index contributed by atoms with van der Waals surface area (Å²) >= 11 is 0. The van der Waals surface area contributed by atoms with E-state index in [9.17, 15) is 9.59 Å². The molecule has 0 heterocycles. The van der Waals surface area contributed by atoms with Crippen molar-refractivity contribution in [3.05, 3.63) is 12.2 Å². The summed E-state index contributed by atoms with van der Waals surface area (Å²) in [4.78, 5) is 24.1. The Bertz CT molecular complexity index is 536. The number of nitrogens with two attached hydrogens (primary N) is 1. The second-order valence-electron chi connectivity index (χ2n) is 10.8. The molecule has 0 bridgehead atoms. The molecule has 2 amide bonds. The van der Waals surface area contributed by atoms with Gasteiger partial charge in [0.1, 0.15) is 0 Å². The summed E-state index contributed by atoms with van der Waals surface area (Å²) in [6.45, 7) is 5.89. The van der Waals surface area contributed by atoms with Crippen LogP contribution in [0.4, 0.5) is 0 Å². The Hall–Kier alpha value is -1.36. The van der Waals surface area contributed by atoms with E-state index in [-0.39, 0.29) is 11.8 Å². The topological polar surface area (TPSA) is 84.2 Å². The molecule has 4 N–H and O–H groups in total. The lowest BCUT2D eigenvalue weighted by atomic mass is 10.1. The highest BCUT2D eigenvalue weighted by molar-refractivity contribution is 5.81. The Morgan fingerprint density at radius 1 is 0.595 bits per heavy atom. The monoisotopic (exact) mass is 521 g/mol. The van der Waals surface area contributed by atoms with Crippen molar-refractivity contribution >= 4 is 11.8 Å². The minimum Gasteiger partial charge on any atom is -0.356 e. The smallest absolute Gasteiger partial charge is 0.236 e. The number of hydrogen-bond donors (Lipinski definition) is 3. The molecule has 0 spiro atoms. The maximum absolute atomic E-state index is 12.1. The molecule has 0 aromatic carbocycles. The Labute approximate surface area is 230 Å². The highest BCUT2D eigenvalue weighted by Gasteiger charge is 2.12. The van der Waals surface area contributed by atoms with E-state index in [1.807, 2.05) is 0 Å². The molecule has 0 saturated carbocycles. The van der Waals surface area contributed by atoms with Crippen molar-refractivity contribution < 1.29 is 9.59 Å². The molecule has 0 aromatic heterocycles. The number of amides is 2. The predicted octanol–water partition coefficient (Wildman–Crippen LogP) is 8.11. The predicted molar refractivity (Wildman–Crippen MR) is 161 cm³/mol. The van der Waals surface area contributed by atoms with E-state index in [0.717, 1.165) is 38.6 Å². The summed E-state index contributed by atoms with van der Waals surface area (Å²) < 4.78 is 0. The minimum absolute atomic E-state index is 0.0400. The van der Waals surface area contributed by atoms with E-state index >= 15 is 0 Å². The molecule has 0 rings (SSSR count). The molecule has 1 atom stereocenters. The van der Waals surface area contributed by atoms with Crippen molar-refractivity contribution in [3.63, 3.8) is 0 Å². The van der Waals surface area contributed by atoms with E-state index in [1.165, 1.54) is 103 Å². The van der Waals surface area contributed by atoms with Gasteiger partial charge in [0.2, 0.25) is 11.8 Å².